The SMILES string of the molecule is CC#CCOc1ccc(S(=O)(=O)CC2(C(=O)N(O)Cc3ccncc3)CCNCC2)cc1. The van der Waals surface area contributed by atoms with Gasteiger partial charge in [-0.25, -0.2) is 13.5 Å². The highest BCUT2D eigenvalue weighted by Gasteiger charge is 2.45. The Morgan fingerprint density at radius 2 is 1.84 bits per heavy atom. The molecule has 1 fully saturated rings. The number of carbonyl (C=O) groups is 1. The number of amides is 1. The van der Waals surface area contributed by atoms with E-state index in [1.54, 1.807) is 43.6 Å². The summed E-state index contributed by atoms with van der Waals surface area (Å²) >= 11 is 0. The van der Waals surface area contributed by atoms with E-state index in [0.717, 1.165) is 0 Å². The van der Waals surface area contributed by atoms with Gasteiger partial charge in [0.15, 0.2) is 9.84 Å². The van der Waals surface area contributed by atoms with Crippen LogP contribution in [0.15, 0.2) is 53.7 Å². The molecule has 1 aliphatic rings. The van der Waals surface area contributed by atoms with Gasteiger partial charge in [-0.3, -0.25) is 15.0 Å². The molecule has 1 aliphatic heterocycles. The number of nitrogens with one attached hydrogen (secondary N) is 1. The van der Waals surface area contributed by atoms with E-state index in [-0.39, 0.29) is 23.8 Å². The van der Waals surface area contributed by atoms with Crippen molar-refractivity contribution >= 4 is 15.7 Å². The predicted molar refractivity (Wildman–Crippen MR) is 119 cm³/mol. The normalized spacial score (nSPS) is 15.3. The van der Waals surface area contributed by atoms with E-state index >= 15 is 0 Å². The number of hydrogen-bond acceptors (Lipinski definition) is 7. The van der Waals surface area contributed by atoms with Crippen LogP contribution >= 0.6 is 0 Å². The van der Waals surface area contributed by atoms with Crippen molar-refractivity contribution in [2.45, 2.75) is 31.2 Å². The largest absolute Gasteiger partial charge is 0.481 e. The smallest absolute Gasteiger partial charge is 0.253 e. The fourth-order valence-corrected chi connectivity index (χ4v) is 5.57. The molecular weight excluding hydrogens is 430 g/mol. The number of nitrogens with zero attached hydrogens (tertiary/aromatic N) is 2. The molecule has 32 heavy (non-hydrogen) atoms. The first-order valence-corrected chi connectivity index (χ1v) is 12.0. The van der Waals surface area contributed by atoms with E-state index in [4.69, 9.17) is 4.74 Å². The maximum absolute atomic E-state index is 13.3. The Morgan fingerprint density at radius 3 is 2.47 bits per heavy atom. The monoisotopic (exact) mass is 457 g/mol. The van der Waals surface area contributed by atoms with Crippen molar-refractivity contribution in [3.05, 3.63) is 54.4 Å². The lowest BCUT2D eigenvalue weighted by atomic mass is 9.79. The van der Waals surface area contributed by atoms with Gasteiger partial charge in [0.25, 0.3) is 5.91 Å². The third-order valence-corrected chi connectivity index (χ3v) is 7.39. The molecule has 1 saturated heterocycles. The molecule has 1 aromatic heterocycles. The van der Waals surface area contributed by atoms with E-state index in [2.05, 4.69) is 22.1 Å². The van der Waals surface area contributed by atoms with Crippen LogP contribution in [-0.2, 0) is 21.2 Å². The first kappa shape index (κ1) is 23.7. The van der Waals surface area contributed by atoms with Crippen molar-refractivity contribution in [2.24, 2.45) is 5.41 Å². The van der Waals surface area contributed by atoms with Gasteiger partial charge < -0.3 is 10.1 Å². The van der Waals surface area contributed by atoms with E-state index in [1.165, 1.54) is 12.1 Å². The third-order valence-electron chi connectivity index (χ3n) is 5.47. The molecule has 170 valence electrons. The first-order chi connectivity index (χ1) is 15.4. The van der Waals surface area contributed by atoms with Crippen LogP contribution in [0.1, 0.15) is 25.3 Å². The molecule has 0 aliphatic carbocycles. The Morgan fingerprint density at radius 1 is 1.19 bits per heavy atom. The standard InChI is InChI=1S/C23H27N3O5S/c1-2-3-16-31-20-4-6-21(7-5-20)32(29,30)18-23(10-14-25-15-11-23)22(27)26(28)17-19-8-12-24-13-9-19/h4-9,12-13,25,28H,10-11,14-18H2,1H3. The van der Waals surface area contributed by atoms with Gasteiger partial charge in [0.05, 0.1) is 22.6 Å². The number of carbonyl (C=O) groups excluding carboxylic acids is 1. The minimum absolute atomic E-state index is 0.0384. The molecular formula is C23H27N3O5S. The average molecular weight is 458 g/mol. The molecule has 2 heterocycles. The molecule has 9 heteroatoms. The van der Waals surface area contributed by atoms with Crippen LogP contribution in [0.5, 0.6) is 5.75 Å². The number of hydroxylamine groups is 2. The maximum atomic E-state index is 13.3. The summed E-state index contributed by atoms with van der Waals surface area (Å²) in [5.74, 6) is 5.05. The fourth-order valence-electron chi connectivity index (χ4n) is 3.71. The Bertz CT molecular complexity index is 1070. The Kier molecular flexibility index (Phi) is 7.85. The summed E-state index contributed by atoms with van der Waals surface area (Å²) in [4.78, 5) is 17.3. The number of rotatable bonds is 8. The van der Waals surface area contributed by atoms with Gasteiger partial charge >= 0.3 is 0 Å². The molecule has 2 aromatic rings. The molecule has 0 unspecified atom stereocenters. The number of pyridine rings is 1. The number of hydrogen-bond donors (Lipinski definition) is 2. The van der Waals surface area contributed by atoms with Crippen LogP contribution < -0.4 is 10.1 Å². The van der Waals surface area contributed by atoms with Gasteiger partial charge in [-0.1, -0.05) is 5.92 Å². The molecule has 8 nitrogen and oxygen atoms in total. The van der Waals surface area contributed by atoms with Crippen LogP contribution in [0.4, 0.5) is 0 Å². The Labute approximate surface area is 188 Å². The first-order valence-electron chi connectivity index (χ1n) is 10.3. The summed E-state index contributed by atoms with van der Waals surface area (Å²) in [6.45, 7) is 2.88. The van der Waals surface area contributed by atoms with Crippen molar-refractivity contribution < 1.29 is 23.2 Å². The summed E-state index contributed by atoms with van der Waals surface area (Å²) in [6, 6.07) is 9.47. The second-order valence-electron chi connectivity index (χ2n) is 7.69. The third kappa shape index (κ3) is 5.85. The van der Waals surface area contributed by atoms with Crippen LogP contribution in [0.25, 0.3) is 0 Å². The highest BCUT2D eigenvalue weighted by atomic mass is 32.2. The van der Waals surface area contributed by atoms with Crippen molar-refractivity contribution in [2.75, 3.05) is 25.4 Å². The van der Waals surface area contributed by atoms with Gasteiger partial charge in [0, 0.05) is 12.4 Å². The van der Waals surface area contributed by atoms with Crippen molar-refractivity contribution in [3.63, 3.8) is 0 Å². The molecule has 0 bridgehead atoms. The second kappa shape index (κ2) is 10.6. The predicted octanol–water partition coefficient (Wildman–Crippen LogP) is 2.05. The van der Waals surface area contributed by atoms with E-state index in [1.807, 2.05) is 0 Å². The number of ether oxygens (including phenoxy) is 1. The molecule has 1 amide bonds. The number of aromatic nitrogens is 1. The summed E-state index contributed by atoms with van der Waals surface area (Å²) in [5, 5.41) is 14.3. The molecule has 0 saturated carbocycles. The minimum atomic E-state index is -3.79. The lowest BCUT2D eigenvalue weighted by molar-refractivity contribution is -0.180. The van der Waals surface area contributed by atoms with E-state index < -0.39 is 21.2 Å². The summed E-state index contributed by atoms with van der Waals surface area (Å²) < 4.78 is 31.9. The molecule has 0 radical (unpaired) electrons. The lowest BCUT2D eigenvalue weighted by Gasteiger charge is -2.37. The van der Waals surface area contributed by atoms with Gasteiger partial charge in [-0.2, -0.15) is 0 Å². The fraction of sp³-hybridized carbons (Fsp3) is 0.391. The van der Waals surface area contributed by atoms with E-state index in [0.29, 0.717) is 42.3 Å². The molecule has 0 atom stereocenters. The van der Waals surface area contributed by atoms with Gasteiger partial charge in [0.1, 0.15) is 12.4 Å². The van der Waals surface area contributed by atoms with Gasteiger partial charge in [-0.15, -0.1) is 5.92 Å². The van der Waals surface area contributed by atoms with E-state index in [9.17, 15) is 18.4 Å². The minimum Gasteiger partial charge on any atom is -0.481 e. The van der Waals surface area contributed by atoms with Gasteiger partial charge in [0.2, 0.25) is 0 Å². The maximum Gasteiger partial charge on any atom is 0.253 e. The highest BCUT2D eigenvalue weighted by Crippen LogP contribution is 2.35. The molecule has 1 aromatic carbocycles. The summed E-state index contributed by atoms with van der Waals surface area (Å²) in [7, 11) is -3.79. The molecule has 3 rings (SSSR count). The van der Waals surface area contributed by atoms with Crippen LogP contribution in [0.3, 0.4) is 0 Å². The van der Waals surface area contributed by atoms with Gasteiger partial charge in [-0.05, 0) is 74.8 Å². The topological polar surface area (TPSA) is 109 Å². The van der Waals surface area contributed by atoms with Crippen molar-refractivity contribution in [1.29, 1.82) is 0 Å². The summed E-state index contributed by atoms with van der Waals surface area (Å²) in [5.41, 5.74) is -0.510. The van der Waals surface area contributed by atoms with Crippen LogP contribution in [0.2, 0.25) is 0 Å². The Hall–Kier alpha value is -2.93. The Balaban J connectivity index is 1.79. The second-order valence-corrected chi connectivity index (χ2v) is 9.68. The number of benzene rings is 1. The van der Waals surface area contributed by atoms with Crippen LogP contribution in [0, 0.1) is 17.3 Å². The quantitative estimate of drug-likeness (QED) is 0.355. The zero-order chi connectivity index (χ0) is 23.0. The number of piperidine rings is 1. The zero-order valence-electron chi connectivity index (χ0n) is 18.0. The van der Waals surface area contributed by atoms with Crippen molar-refractivity contribution in [1.82, 2.24) is 15.4 Å². The lowest BCUT2D eigenvalue weighted by Crippen LogP contribution is -2.51. The zero-order valence-corrected chi connectivity index (χ0v) is 18.8. The highest BCUT2D eigenvalue weighted by molar-refractivity contribution is 7.91. The molecule has 2 N–H and O–H groups in total. The van der Waals surface area contributed by atoms with Crippen molar-refractivity contribution in [3.8, 4) is 17.6 Å². The van der Waals surface area contributed by atoms with Crippen LogP contribution in [-0.4, -0.2) is 55.0 Å². The number of sulfone groups is 1. The average Bonchev–Trinajstić information content (AvgIpc) is 2.80. The summed E-state index contributed by atoms with van der Waals surface area (Å²) in [6.07, 6.45) is 3.77. The molecule has 0 spiro atoms.